The average molecular weight is 471 g/mol. The van der Waals surface area contributed by atoms with E-state index in [1.54, 1.807) is 6.92 Å². The van der Waals surface area contributed by atoms with E-state index in [2.05, 4.69) is 0 Å². The number of halogens is 3. The third kappa shape index (κ3) is 5.34. The molecule has 0 radical (unpaired) electrons. The lowest BCUT2D eigenvalue weighted by atomic mass is 10.1. The number of alkyl halides is 3. The third-order valence-electron chi connectivity index (χ3n) is 4.86. The van der Waals surface area contributed by atoms with Gasteiger partial charge in [-0.25, -0.2) is 13.2 Å². The van der Waals surface area contributed by atoms with Gasteiger partial charge in [0.05, 0.1) is 29.2 Å². The zero-order valence-electron chi connectivity index (χ0n) is 17.0. The van der Waals surface area contributed by atoms with Crippen LogP contribution in [0.25, 0.3) is 0 Å². The molecule has 0 atom stereocenters. The third-order valence-corrected chi connectivity index (χ3v) is 6.90. The van der Waals surface area contributed by atoms with Gasteiger partial charge in [0.1, 0.15) is 0 Å². The monoisotopic (exact) mass is 471 g/mol. The Morgan fingerprint density at radius 2 is 1.75 bits per heavy atom. The Kier molecular flexibility index (Phi) is 7.01. The number of esters is 1. The second-order valence-electron chi connectivity index (χ2n) is 7.07. The van der Waals surface area contributed by atoms with Gasteiger partial charge in [-0.2, -0.15) is 17.5 Å². The number of aryl methyl sites for hydroxylation is 1. The highest BCUT2D eigenvalue weighted by atomic mass is 32.2. The van der Waals surface area contributed by atoms with Crippen LogP contribution < -0.4 is 0 Å². The van der Waals surface area contributed by atoms with Gasteiger partial charge in [0.25, 0.3) is 0 Å². The highest BCUT2D eigenvalue weighted by Crippen LogP contribution is 2.29. The first kappa shape index (κ1) is 23.9. The van der Waals surface area contributed by atoms with E-state index in [-0.39, 0.29) is 42.3 Å². The predicted molar refractivity (Wildman–Crippen MR) is 107 cm³/mol. The minimum atomic E-state index is -4.61. The van der Waals surface area contributed by atoms with Crippen LogP contribution in [0, 0.1) is 6.92 Å². The van der Waals surface area contributed by atoms with Crippen LogP contribution in [0.15, 0.2) is 47.4 Å². The molecule has 0 bridgehead atoms. The highest BCUT2D eigenvalue weighted by molar-refractivity contribution is 7.89. The largest absolute Gasteiger partial charge is 0.454 e. The number of hydrogen-bond acceptors (Lipinski definition) is 6. The zero-order chi connectivity index (χ0) is 23.5. The lowest BCUT2D eigenvalue weighted by Gasteiger charge is -2.26. The summed E-state index contributed by atoms with van der Waals surface area (Å²) in [5.74, 6) is -1.79. The Labute approximate surface area is 182 Å². The molecule has 172 valence electrons. The summed E-state index contributed by atoms with van der Waals surface area (Å²) >= 11 is 0. The van der Waals surface area contributed by atoms with Crippen molar-refractivity contribution in [3.05, 3.63) is 64.7 Å². The van der Waals surface area contributed by atoms with Crippen LogP contribution in [0.3, 0.4) is 0 Å². The van der Waals surface area contributed by atoms with E-state index in [1.807, 2.05) is 0 Å². The van der Waals surface area contributed by atoms with Crippen molar-refractivity contribution in [1.82, 2.24) is 4.31 Å². The van der Waals surface area contributed by atoms with Gasteiger partial charge in [-0.05, 0) is 36.8 Å². The SMILES string of the molecule is Cc1ccc(C(=O)OCC(=O)c2cccc(C(F)(F)F)c2)cc1S(=O)(=O)N1CCOCC1. The Hall–Kier alpha value is -2.76. The maximum atomic E-state index is 12.9. The lowest BCUT2D eigenvalue weighted by molar-refractivity contribution is -0.137. The van der Waals surface area contributed by atoms with Crippen LogP contribution in [0.1, 0.15) is 31.8 Å². The maximum absolute atomic E-state index is 12.9. The van der Waals surface area contributed by atoms with Crippen LogP contribution in [0.2, 0.25) is 0 Å². The van der Waals surface area contributed by atoms with Gasteiger partial charge in [0.2, 0.25) is 10.0 Å². The Bertz CT molecular complexity index is 1120. The molecule has 1 aliphatic rings. The molecule has 3 rings (SSSR count). The van der Waals surface area contributed by atoms with E-state index in [0.717, 1.165) is 18.2 Å². The first-order chi connectivity index (χ1) is 15.0. The molecule has 7 nitrogen and oxygen atoms in total. The molecule has 0 saturated carbocycles. The summed E-state index contributed by atoms with van der Waals surface area (Å²) in [4.78, 5) is 24.5. The fourth-order valence-electron chi connectivity index (χ4n) is 3.10. The molecular weight excluding hydrogens is 451 g/mol. The van der Waals surface area contributed by atoms with Crippen molar-refractivity contribution in [1.29, 1.82) is 0 Å². The molecule has 0 aliphatic carbocycles. The quantitative estimate of drug-likeness (QED) is 0.475. The number of hydrogen-bond donors (Lipinski definition) is 0. The Morgan fingerprint density at radius 3 is 2.41 bits per heavy atom. The van der Waals surface area contributed by atoms with Gasteiger partial charge in [-0.1, -0.05) is 18.2 Å². The molecule has 32 heavy (non-hydrogen) atoms. The second-order valence-corrected chi connectivity index (χ2v) is 8.98. The number of ketones is 1. The predicted octanol–water partition coefficient (Wildman–Crippen LogP) is 3.07. The van der Waals surface area contributed by atoms with E-state index in [9.17, 15) is 31.2 Å². The molecule has 0 aromatic heterocycles. The van der Waals surface area contributed by atoms with Gasteiger partial charge in [-0.3, -0.25) is 4.79 Å². The molecule has 11 heteroatoms. The number of ether oxygens (including phenoxy) is 2. The van der Waals surface area contributed by atoms with Gasteiger partial charge < -0.3 is 9.47 Å². The van der Waals surface area contributed by atoms with Gasteiger partial charge in [-0.15, -0.1) is 0 Å². The highest BCUT2D eigenvalue weighted by Gasteiger charge is 2.31. The molecule has 0 unspecified atom stereocenters. The van der Waals surface area contributed by atoms with Crippen LogP contribution in [-0.2, 0) is 25.7 Å². The number of sulfonamides is 1. The van der Waals surface area contributed by atoms with Gasteiger partial charge in [0, 0.05) is 18.7 Å². The molecule has 1 saturated heterocycles. The van der Waals surface area contributed by atoms with E-state index in [4.69, 9.17) is 9.47 Å². The number of Topliss-reactive ketones (excluding diaryl/α,β-unsaturated/α-hetero) is 1. The number of rotatable bonds is 6. The topological polar surface area (TPSA) is 90.0 Å². The second kappa shape index (κ2) is 9.39. The Balaban J connectivity index is 1.73. The number of nitrogens with zero attached hydrogens (tertiary/aromatic N) is 1. The molecule has 1 heterocycles. The minimum Gasteiger partial charge on any atom is -0.454 e. The Morgan fingerprint density at radius 1 is 1.06 bits per heavy atom. The van der Waals surface area contributed by atoms with Crippen LogP contribution in [-0.4, -0.2) is 57.4 Å². The fourth-order valence-corrected chi connectivity index (χ4v) is 4.76. The minimum absolute atomic E-state index is 0.0712. The normalized spacial score (nSPS) is 15.4. The molecule has 0 amide bonds. The summed E-state index contributed by atoms with van der Waals surface area (Å²) in [6.07, 6.45) is -4.61. The molecule has 2 aromatic rings. The van der Waals surface area contributed by atoms with Crippen molar-refractivity contribution < 1.29 is 40.7 Å². The van der Waals surface area contributed by atoms with E-state index in [1.165, 1.54) is 22.5 Å². The maximum Gasteiger partial charge on any atom is 0.416 e. The van der Waals surface area contributed by atoms with E-state index >= 15 is 0 Å². The van der Waals surface area contributed by atoms with E-state index < -0.39 is 40.1 Å². The van der Waals surface area contributed by atoms with Crippen LogP contribution in [0.5, 0.6) is 0 Å². The first-order valence-electron chi connectivity index (χ1n) is 9.56. The van der Waals surface area contributed by atoms with Crippen LogP contribution in [0.4, 0.5) is 13.2 Å². The summed E-state index contributed by atoms with van der Waals surface area (Å²) in [6.45, 7) is 1.68. The summed E-state index contributed by atoms with van der Waals surface area (Å²) in [6, 6.07) is 7.73. The van der Waals surface area contributed by atoms with Gasteiger partial charge >= 0.3 is 12.1 Å². The number of benzene rings is 2. The summed E-state index contributed by atoms with van der Waals surface area (Å²) in [5, 5.41) is 0. The first-order valence-corrected chi connectivity index (χ1v) is 11.0. The smallest absolute Gasteiger partial charge is 0.416 e. The van der Waals surface area contributed by atoms with Crippen molar-refractivity contribution in [3.63, 3.8) is 0 Å². The number of carbonyl (C=O) groups is 2. The molecular formula is C21H20F3NO6S. The molecule has 0 N–H and O–H groups in total. The lowest BCUT2D eigenvalue weighted by Crippen LogP contribution is -2.40. The zero-order valence-corrected chi connectivity index (χ0v) is 17.8. The molecule has 1 aliphatic heterocycles. The van der Waals surface area contributed by atoms with Crippen molar-refractivity contribution in [2.75, 3.05) is 32.9 Å². The van der Waals surface area contributed by atoms with Crippen molar-refractivity contribution in [3.8, 4) is 0 Å². The molecule has 2 aromatic carbocycles. The van der Waals surface area contributed by atoms with Crippen LogP contribution >= 0.6 is 0 Å². The number of morpholine rings is 1. The molecule has 1 fully saturated rings. The summed E-state index contributed by atoms with van der Waals surface area (Å²) in [7, 11) is -3.87. The van der Waals surface area contributed by atoms with Crippen molar-refractivity contribution in [2.45, 2.75) is 18.0 Å². The number of carbonyl (C=O) groups excluding carboxylic acids is 2. The van der Waals surface area contributed by atoms with E-state index in [0.29, 0.717) is 11.6 Å². The summed E-state index contributed by atoms with van der Waals surface area (Å²) in [5.41, 5.74) is -0.925. The summed E-state index contributed by atoms with van der Waals surface area (Å²) < 4.78 is 75.6. The van der Waals surface area contributed by atoms with Crippen molar-refractivity contribution in [2.24, 2.45) is 0 Å². The fraction of sp³-hybridized carbons (Fsp3) is 0.333. The standard InChI is InChI=1S/C21H20F3NO6S/c1-14-5-6-16(12-19(14)32(28,29)25-7-9-30-10-8-25)20(27)31-13-18(26)15-3-2-4-17(11-15)21(22,23)24/h2-6,11-12H,7-10,13H2,1H3. The van der Waals surface area contributed by atoms with Crippen molar-refractivity contribution >= 4 is 21.8 Å². The van der Waals surface area contributed by atoms with Gasteiger partial charge in [0.15, 0.2) is 12.4 Å². The molecule has 0 spiro atoms. The average Bonchev–Trinajstić information content (AvgIpc) is 2.77.